The third-order valence-corrected chi connectivity index (χ3v) is 13.9. The van der Waals surface area contributed by atoms with Crippen molar-refractivity contribution in [1.82, 2.24) is 20.9 Å². The summed E-state index contributed by atoms with van der Waals surface area (Å²) in [4.78, 5) is 42.1. The minimum atomic E-state index is 0.236. The molecule has 0 saturated heterocycles. The molecule has 0 aliphatic carbocycles. The van der Waals surface area contributed by atoms with Gasteiger partial charge in [-0.15, -0.1) is 0 Å². The fourth-order valence-electron chi connectivity index (χ4n) is 8.63. The van der Waals surface area contributed by atoms with Crippen molar-refractivity contribution in [3.63, 3.8) is 0 Å². The number of carbonyl (C=O) groups is 3. The van der Waals surface area contributed by atoms with Gasteiger partial charge in [-0.25, -0.2) is 14.4 Å². The molecular formula is C54H114N7O3+3. The molecule has 0 aliphatic rings. The summed E-state index contributed by atoms with van der Waals surface area (Å²) < 4.78 is 1.27. The summed E-state index contributed by atoms with van der Waals surface area (Å²) in [6, 6.07) is 0. The van der Waals surface area contributed by atoms with E-state index in [9.17, 15) is 14.4 Å². The quantitative estimate of drug-likeness (QED) is 0.0414. The Labute approximate surface area is 399 Å². The number of unbranched alkanes of at least 4 members (excludes halogenated alkanes) is 27. The van der Waals surface area contributed by atoms with E-state index >= 15 is 0 Å². The van der Waals surface area contributed by atoms with Gasteiger partial charge in [0.25, 0.3) is 0 Å². The van der Waals surface area contributed by atoms with E-state index in [-0.39, 0.29) is 17.7 Å². The highest BCUT2D eigenvalue weighted by molar-refractivity contribution is 5.71. The zero-order chi connectivity index (χ0) is 47.6. The van der Waals surface area contributed by atoms with Gasteiger partial charge in [0.1, 0.15) is 19.6 Å². The number of nitrogens with zero attached hydrogens (tertiary/aromatic N) is 4. The van der Waals surface area contributed by atoms with E-state index in [0.29, 0.717) is 52.7 Å². The highest BCUT2D eigenvalue weighted by atomic mass is 16.2. The average molecular weight is 910 g/mol. The van der Waals surface area contributed by atoms with Crippen LogP contribution in [0.25, 0.3) is 0 Å². The summed E-state index contributed by atoms with van der Waals surface area (Å²) in [5.41, 5.74) is 0. The van der Waals surface area contributed by atoms with Gasteiger partial charge in [-0.3, -0.25) is 18.3 Å². The molecule has 10 heteroatoms. The van der Waals surface area contributed by atoms with Crippen LogP contribution in [0.2, 0.25) is 0 Å². The van der Waals surface area contributed by atoms with Crippen molar-refractivity contribution < 1.29 is 27.8 Å². The van der Waals surface area contributed by atoms with Crippen molar-refractivity contribution in [3.8, 4) is 0 Å². The minimum Gasteiger partial charge on any atom is -0.304 e. The highest BCUT2D eigenvalue weighted by Crippen LogP contribution is 2.15. The largest absolute Gasteiger partial charge is 0.327 e. The molecular weight excluding hydrogens is 795 g/mol. The number of hydrogen-bond acceptors (Lipinski definition) is 7. The second kappa shape index (κ2) is 41.9. The maximum Gasteiger partial charge on any atom is 0.327 e. The van der Waals surface area contributed by atoms with Crippen LogP contribution in [-0.4, -0.2) is 157 Å². The van der Waals surface area contributed by atoms with Crippen LogP contribution < -0.4 is 16.0 Å². The van der Waals surface area contributed by atoms with Crippen LogP contribution in [0.1, 0.15) is 213 Å². The Bertz CT molecular complexity index is 966. The van der Waals surface area contributed by atoms with E-state index in [1.807, 2.05) is 0 Å². The van der Waals surface area contributed by atoms with Gasteiger partial charge in [0.05, 0.1) is 61.9 Å². The second-order valence-electron chi connectivity index (χ2n) is 21.3. The number of quaternary nitrogens is 3. The SMILES string of the molecule is CCCCCCCCCCCC[N+](C)(C)C(=O)CNCCN(CCNCC(=O)[N+](C)(C)CCCCCCCCCCCC)CCNCC(=O)[N+](C)(C)CCCCCCCCCCCC. The van der Waals surface area contributed by atoms with Crippen molar-refractivity contribution in [2.45, 2.75) is 213 Å². The number of amides is 3. The predicted octanol–water partition coefficient (Wildman–Crippen LogP) is 10.6. The normalized spacial score (nSPS) is 12.5. The van der Waals surface area contributed by atoms with E-state index in [4.69, 9.17) is 0 Å². The number of carbonyl (C=O) groups excluding carboxylic acids is 3. The molecule has 0 fully saturated rings. The van der Waals surface area contributed by atoms with Crippen LogP contribution in [0.4, 0.5) is 0 Å². The van der Waals surface area contributed by atoms with E-state index < -0.39 is 0 Å². The van der Waals surface area contributed by atoms with Crippen molar-refractivity contribution in [3.05, 3.63) is 0 Å². The molecule has 0 heterocycles. The van der Waals surface area contributed by atoms with Crippen LogP contribution in [0.5, 0.6) is 0 Å². The van der Waals surface area contributed by atoms with E-state index in [1.165, 1.54) is 173 Å². The Morgan fingerprint density at radius 2 is 0.500 bits per heavy atom. The summed E-state index contributed by atoms with van der Waals surface area (Å²) in [6.45, 7) is 15.1. The van der Waals surface area contributed by atoms with E-state index in [1.54, 1.807) is 0 Å². The Morgan fingerprint density at radius 3 is 0.703 bits per heavy atom. The average Bonchev–Trinajstić information content (AvgIpc) is 3.26. The first-order valence-electron chi connectivity index (χ1n) is 27.7. The Kier molecular flexibility index (Phi) is 41.0. The van der Waals surface area contributed by atoms with Gasteiger partial charge in [0, 0.05) is 39.3 Å². The third-order valence-electron chi connectivity index (χ3n) is 13.9. The van der Waals surface area contributed by atoms with Crippen molar-refractivity contribution in [2.24, 2.45) is 0 Å². The van der Waals surface area contributed by atoms with Gasteiger partial charge >= 0.3 is 17.7 Å². The lowest BCUT2D eigenvalue weighted by Crippen LogP contribution is -2.52. The molecule has 0 aromatic carbocycles. The third kappa shape index (κ3) is 36.8. The summed E-state index contributed by atoms with van der Waals surface area (Å²) in [6.07, 6.45) is 39.1. The van der Waals surface area contributed by atoms with Gasteiger partial charge < -0.3 is 16.0 Å². The molecule has 0 bridgehead atoms. The van der Waals surface area contributed by atoms with Gasteiger partial charge in [0.2, 0.25) is 0 Å². The summed E-state index contributed by atoms with van der Waals surface area (Å²) in [5.74, 6) is 0.708. The highest BCUT2D eigenvalue weighted by Gasteiger charge is 2.27. The zero-order valence-corrected chi connectivity index (χ0v) is 44.7. The number of rotatable bonds is 48. The van der Waals surface area contributed by atoms with E-state index in [0.717, 1.165) is 58.5 Å². The Hall–Kier alpha value is -1.27. The molecule has 0 radical (unpaired) electrons. The first kappa shape index (κ1) is 62.7. The van der Waals surface area contributed by atoms with Crippen molar-refractivity contribution >= 4 is 17.7 Å². The van der Waals surface area contributed by atoms with Crippen LogP contribution in [0.15, 0.2) is 0 Å². The number of nitrogens with one attached hydrogen (secondary N) is 3. The lowest BCUT2D eigenvalue weighted by atomic mass is 10.1. The number of hydrogen-bond donors (Lipinski definition) is 3. The zero-order valence-electron chi connectivity index (χ0n) is 44.7. The van der Waals surface area contributed by atoms with Gasteiger partial charge in [0.15, 0.2) is 0 Å². The summed E-state index contributed by atoms with van der Waals surface area (Å²) in [7, 11) is 12.3. The van der Waals surface area contributed by atoms with E-state index in [2.05, 4.69) is 83.9 Å². The first-order chi connectivity index (χ1) is 30.7. The maximum atomic E-state index is 13.3. The molecule has 0 rings (SSSR count). The standard InChI is InChI=1S/C54H114N7O3/c1-10-13-16-19-22-25-28-31-34-37-46-59(4,5)52(62)49-55-40-43-58(44-41-56-50-53(63)60(6,7)47-38-35-32-29-26-23-20-17-14-11-2)45-42-57-51-54(64)61(8,9)48-39-36-33-30-27-24-21-18-15-12-3/h55-57H,10-51H2,1-9H3/q+3. The molecule has 0 aromatic heterocycles. The van der Waals surface area contributed by atoms with Gasteiger partial charge in [-0.1, -0.05) is 175 Å². The fraction of sp³-hybridized carbons (Fsp3) is 0.944. The van der Waals surface area contributed by atoms with Crippen molar-refractivity contribution in [1.29, 1.82) is 0 Å². The van der Waals surface area contributed by atoms with Crippen LogP contribution in [0, 0.1) is 0 Å². The maximum absolute atomic E-state index is 13.3. The predicted molar refractivity (Wildman–Crippen MR) is 277 cm³/mol. The fourth-order valence-corrected chi connectivity index (χ4v) is 8.63. The van der Waals surface area contributed by atoms with Crippen LogP contribution >= 0.6 is 0 Å². The Balaban J connectivity index is 4.82. The molecule has 10 nitrogen and oxygen atoms in total. The molecule has 0 spiro atoms. The molecule has 0 aliphatic heterocycles. The molecule has 0 unspecified atom stereocenters. The molecule has 0 saturated carbocycles. The van der Waals surface area contributed by atoms with Crippen LogP contribution in [-0.2, 0) is 14.4 Å². The Morgan fingerprint density at radius 1 is 0.312 bits per heavy atom. The van der Waals surface area contributed by atoms with Gasteiger partial charge in [-0.05, 0) is 38.5 Å². The minimum absolute atomic E-state index is 0.236. The number of likely N-dealkylation sites (N-methyl/N-ethyl adjacent to an activating group) is 3. The molecule has 0 aromatic rings. The van der Waals surface area contributed by atoms with Crippen LogP contribution in [0.3, 0.4) is 0 Å². The molecule has 64 heavy (non-hydrogen) atoms. The lowest BCUT2D eigenvalue weighted by Gasteiger charge is -2.28. The summed E-state index contributed by atoms with van der Waals surface area (Å²) in [5, 5.41) is 10.3. The molecule has 3 amide bonds. The van der Waals surface area contributed by atoms with Gasteiger partial charge in [-0.2, -0.15) is 0 Å². The smallest absolute Gasteiger partial charge is 0.304 e. The van der Waals surface area contributed by atoms with Crippen molar-refractivity contribution in [2.75, 3.05) is 121 Å². The lowest BCUT2D eigenvalue weighted by molar-refractivity contribution is -0.813. The second-order valence-corrected chi connectivity index (χ2v) is 21.3. The first-order valence-corrected chi connectivity index (χ1v) is 27.7. The topological polar surface area (TPSA) is 90.5 Å². The molecule has 0 atom stereocenters. The molecule has 3 N–H and O–H groups in total. The monoisotopic (exact) mass is 909 g/mol. The summed E-state index contributed by atoms with van der Waals surface area (Å²) >= 11 is 0. The molecule has 380 valence electrons.